The molecule has 2 amide bonds. The molecule has 1 unspecified atom stereocenters. The van der Waals surface area contributed by atoms with Crippen LogP contribution in [0.3, 0.4) is 0 Å². The fraction of sp³-hybridized carbons (Fsp3) is 0.409. The second kappa shape index (κ2) is 7.89. The molecule has 5 rings (SSSR count). The second-order valence-electron chi connectivity index (χ2n) is 7.78. The minimum absolute atomic E-state index is 0.0481. The van der Waals surface area contributed by atoms with E-state index in [1.807, 2.05) is 35.4 Å². The van der Waals surface area contributed by atoms with Gasteiger partial charge in [0, 0.05) is 18.1 Å². The van der Waals surface area contributed by atoms with Crippen LogP contribution < -0.4 is 9.80 Å². The number of nitrogens with zero attached hydrogens (tertiary/aromatic N) is 5. The van der Waals surface area contributed by atoms with Crippen molar-refractivity contribution in [1.82, 2.24) is 9.88 Å². The van der Waals surface area contributed by atoms with Gasteiger partial charge in [0.1, 0.15) is 5.69 Å². The van der Waals surface area contributed by atoms with Crippen LogP contribution in [-0.4, -0.2) is 60.6 Å². The molecule has 0 saturated carbocycles. The average molecular weight is 426 g/mol. The van der Waals surface area contributed by atoms with Crippen molar-refractivity contribution in [2.45, 2.75) is 25.9 Å². The molecule has 0 bridgehead atoms. The van der Waals surface area contributed by atoms with E-state index in [2.05, 4.69) is 17.9 Å². The largest absolute Gasteiger partial charge is 0.378 e. The lowest BCUT2D eigenvalue weighted by Crippen LogP contribution is -2.50. The van der Waals surface area contributed by atoms with Crippen molar-refractivity contribution in [3.05, 3.63) is 52.8 Å². The maximum Gasteiger partial charge on any atom is 0.330 e. The van der Waals surface area contributed by atoms with Crippen molar-refractivity contribution in [3.63, 3.8) is 0 Å². The molecule has 156 valence electrons. The first kappa shape index (κ1) is 19.3. The maximum absolute atomic E-state index is 13.5. The maximum atomic E-state index is 13.5. The summed E-state index contributed by atoms with van der Waals surface area (Å²) in [6, 6.07) is 9.75. The number of hydrogen-bond acceptors (Lipinski definition) is 5. The third-order valence-electron chi connectivity index (χ3n) is 5.87. The van der Waals surface area contributed by atoms with Crippen LogP contribution in [0.25, 0.3) is 0 Å². The highest BCUT2D eigenvalue weighted by molar-refractivity contribution is 6.30. The first-order valence-electron chi connectivity index (χ1n) is 10.4. The Bertz CT molecular complexity index is 988. The van der Waals surface area contributed by atoms with Crippen LogP contribution in [0.2, 0.25) is 5.02 Å². The van der Waals surface area contributed by atoms with Crippen LogP contribution in [0.15, 0.2) is 41.5 Å². The molecule has 0 radical (unpaired) electrons. The summed E-state index contributed by atoms with van der Waals surface area (Å²) in [5.41, 5.74) is 3.61. The van der Waals surface area contributed by atoms with Gasteiger partial charge in [0.2, 0.25) is 0 Å². The Kier molecular flexibility index (Phi) is 5.08. The summed E-state index contributed by atoms with van der Waals surface area (Å²) >= 11 is 6.05. The average Bonchev–Trinajstić information content (AvgIpc) is 3.23. The number of aliphatic imine (C=N–C) groups is 1. The lowest BCUT2D eigenvalue weighted by atomic mass is 10.1. The molecule has 30 heavy (non-hydrogen) atoms. The summed E-state index contributed by atoms with van der Waals surface area (Å²) < 4.78 is 5.48. The van der Waals surface area contributed by atoms with Crippen LogP contribution >= 0.6 is 11.6 Å². The lowest BCUT2D eigenvalue weighted by molar-refractivity contribution is 0.122. The minimum Gasteiger partial charge on any atom is -0.378 e. The number of urea groups is 1. The van der Waals surface area contributed by atoms with Gasteiger partial charge in [-0.05, 0) is 30.2 Å². The molecule has 1 atom stereocenters. The fourth-order valence-corrected chi connectivity index (χ4v) is 4.27. The van der Waals surface area contributed by atoms with Gasteiger partial charge in [-0.1, -0.05) is 30.7 Å². The van der Waals surface area contributed by atoms with Crippen LogP contribution in [-0.2, 0) is 11.3 Å². The number of benzene rings is 1. The molecule has 2 aromatic rings. The predicted molar refractivity (Wildman–Crippen MR) is 118 cm³/mol. The minimum atomic E-state index is -0.0481. The SMILES string of the molecule is CCC1CN2C(=O)N(Cc3ccc(Cl)cc3)c3cc(N4CCOCC4)cnc3C2=N1. The van der Waals surface area contributed by atoms with E-state index in [0.29, 0.717) is 37.2 Å². The monoisotopic (exact) mass is 425 g/mol. The third kappa shape index (κ3) is 3.42. The molecular weight excluding hydrogens is 402 g/mol. The third-order valence-corrected chi connectivity index (χ3v) is 6.12. The van der Waals surface area contributed by atoms with Crippen molar-refractivity contribution < 1.29 is 9.53 Å². The van der Waals surface area contributed by atoms with Crippen molar-refractivity contribution in [1.29, 1.82) is 0 Å². The Morgan fingerprint density at radius 1 is 1.20 bits per heavy atom. The number of amidine groups is 1. The highest BCUT2D eigenvalue weighted by Crippen LogP contribution is 2.35. The Morgan fingerprint density at radius 3 is 2.70 bits per heavy atom. The van der Waals surface area contributed by atoms with E-state index < -0.39 is 0 Å². The summed E-state index contributed by atoms with van der Waals surface area (Å²) in [6.45, 7) is 6.18. The van der Waals surface area contributed by atoms with Crippen molar-refractivity contribution in [2.75, 3.05) is 42.6 Å². The molecule has 3 aliphatic heterocycles. The molecule has 4 heterocycles. The molecule has 0 N–H and O–H groups in total. The fourth-order valence-electron chi connectivity index (χ4n) is 4.15. The number of carbonyl (C=O) groups excluding carboxylic acids is 1. The van der Waals surface area contributed by atoms with Gasteiger partial charge in [-0.15, -0.1) is 0 Å². The number of pyridine rings is 1. The molecule has 0 aliphatic carbocycles. The summed E-state index contributed by atoms with van der Waals surface area (Å²) in [6.07, 6.45) is 2.78. The van der Waals surface area contributed by atoms with Gasteiger partial charge in [0.25, 0.3) is 0 Å². The first-order valence-corrected chi connectivity index (χ1v) is 10.8. The van der Waals surface area contributed by atoms with Gasteiger partial charge in [0.05, 0.1) is 49.9 Å². The van der Waals surface area contributed by atoms with Crippen LogP contribution in [0.5, 0.6) is 0 Å². The van der Waals surface area contributed by atoms with Crippen molar-refractivity contribution in [3.8, 4) is 0 Å². The number of halogens is 1. The van der Waals surface area contributed by atoms with E-state index >= 15 is 0 Å². The number of carbonyl (C=O) groups is 1. The van der Waals surface area contributed by atoms with E-state index in [-0.39, 0.29) is 12.1 Å². The van der Waals surface area contributed by atoms with Gasteiger partial charge in [-0.25, -0.2) is 9.78 Å². The number of anilines is 2. The lowest BCUT2D eigenvalue weighted by Gasteiger charge is -2.36. The van der Waals surface area contributed by atoms with Crippen LogP contribution in [0.4, 0.5) is 16.2 Å². The number of fused-ring (bicyclic) bond motifs is 3. The topological polar surface area (TPSA) is 61.3 Å². The summed E-state index contributed by atoms with van der Waals surface area (Å²) in [4.78, 5) is 28.9. The molecule has 0 spiro atoms. The number of amides is 2. The zero-order chi connectivity index (χ0) is 20.7. The molecule has 7 nitrogen and oxygen atoms in total. The standard InChI is InChI=1S/C22H24ClN5O2/c1-2-17-14-28-21(25-17)20-19(11-18(12-24-20)26-7-9-30-10-8-26)27(22(28)29)13-15-3-5-16(23)6-4-15/h3-6,11-12,17H,2,7-10,13-14H2,1H3. The number of ether oxygens (including phenoxy) is 1. The van der Waals surface area contributed by atoms with Crippen molar-refractivity contribution >= 4 is 34.8 Å². The zero-order valence-corrected chi connectivity index (χ0v) is 17.7. The Labute approximate surface area is 180 Å². The second-order valence-corrected chi connectivity index (χ2v) is 8.22. The molecule has 1 saturated heterocycles. The summed E-state index contributed by atoms with van der Waals surface area (Å²) in [7, 11) is 0. The number of hydrogen-bond donors (Lipinski definition) is 0. The van der Waals surface area contributed by atoms with E-state index in [1.54, 1.807) is 4.90 Å². The van der Waals surface area contributed by atoms with Crippen molar-refractivity contribution in [2.24, 2.45) is 4.99 Å². The highest BCUT2D eigenvalue weighted by Gasteiger charge is 2.41. The quantitative estimate of drug-likeness (QED) is 0.751. The molecule has 1 aromatic heterocycles. The molecule has 8 heteroatoms. The molecule has 1 fully saturated rings. The highest BCUT2D eigenvalue weighted by atomic mass is 35.5. The van der Waals surface area contributed by atoms with E-state index in [9.17, 15) is 4.79 Å². The predicted octanol–water partition coefficient (Wildman–Crippen LogP) is 3.55. The smallest absolute Gasteiger partial charge is 0.330 e. The van der Waals surface area contributed by atoms with E-state index in [0.717, 1.165) is 42.1 Å². The van der Waals surface area contributed by atoms with Crippen LogP contribution in [0, 0.1) is 0 Å². The van der Waals surface area contributed by atoms with Gasteiger partial charge in [-0.2, -0.15) is 0 Å². The van der Waals surface area contributed by atoms with Gasteiger partial charge < -0.3 is 9.64 Å². The van der Waals surface area contributed by atoms with E-state index in [4.69, 9.17) is 26.3 Å². The molecule has 1 aromatic carbocycles. The van der Waals surface area contributed by atoms with E-state index in [1.165, 1.54) is 0 Å². The zero-order valence-electron chi connectivity index (χ0n) is 16.9. The van der Waals surface area contributed by atoms with Gasteiger partial charge >= 0.3 is 6.03 Å². The van der Waals surface area contributed by atoms with Gasteiger partial charge in [-0.3, -0.25) is 14.8 Å². The Balaban J connectivity index is 1.56. The number of aromatic nitrogens is 1. The summed E-state index contributed by atoms with van der Waals surface area (Å²) in [5, 5.41) is 0.681. The normalized spacial score (nSPS) is 20.9. The number of rotatable bonds is 4. The van der Waals surface area contributed by atoms with Gasteiger partial charge in [0.15, 0.2) is 5.84 Å². The molecule has 3 aliphatic rings. The number of morpholine rings is 1. The Morgan fingerprint density at radius 2 is 1.97 bits per heavy atom. The summed E-state index contributed by atoms with van der Waals surface area (Å²) in [5.74, 6) is 0.697. The van der Waals surface area contributed by atoms with Crippen LogP contribution in [0.1, 0.15) is 24.6 Å². The Hall–Kier alpha value is -2.64. The molecular formula is C22H24ClN5O2. The first-order chi connectivity index (χ1) is 14.6.